The highest BCUT2D eigenvalue weighted by Crippen LogP contribution is 2.21. The first kappa shape index (κ1) is 11.7. The van der Waals surface area contributed by atoms with Gasteiger partial charge in [0.15, 0.2) is 6.10 Å². The highest BCUT2D eigenvalue weighted by atomic mass is 28.3. The largest absolute Gasteiger partial charge is 0.417 e. The minimum Gasteiger partial charge on any atom is -0.380 e. The summed E-state index contributed by atoms with van der Waals surface area (Å²) in [6, 6.07) is 0. The van der Waals surface area contributed by atoms with Gasteiger partial charge >= 0.3 is 6.18 Å². The summed E-state index contributed by atoms with van der Waals surface area (Å²) in [6.07, 6.45) is -6.02. The highest BCUT2D eigenvalue weighted by molar-refractivity contribution is 6.80. The zero-order valence-electron chi connectivity index (χ0n) is 7.31. The van der Waals surface area contributed by atoms with Crippen LogP contribution in [0.3, 0.4) is 0 Å². The third-order valence-electron chi connectivity index (χ3n) is 1.11. The first-order chi connectivity index (χ1) is 5.13. The summed E-state index contributed by atoms with van der Waals surface area (Å²) < 4.78 is 35.2. The maximum absolute atomic E-state index is 11.7. The van der Waals surface area contributed by atoms with Crippen molar-refractivity contribution >= 4 is 8.07 Å². The van der Waals surface area contributed by atoms with Crippen molar-refractivity contribution in [2.75, 3.05) is 0 Å². The lowest BCUT2D eigenvalue weighted by Crippen LogP contribution is -2.27. The third kappa shape index (κ3) is 5.37. The van der Waals surface area contributed by atoms with E-state index >= 15 is 0 Å². The molecule has 0 rings (SSSR count). The van der Waals surface area contributed by atoms with Gasteiger partial charge in [-0.25, -0.2) is 0 Å². The Labute approximate surface area is 70.9 Å². The van der Waals surface area contributed by atoms with Crippen molar-refractivity contribution in [3.63, 3.8) is 0 Å². The third-order valence-corrected chi connectivity index (χ3v) is 2.31. The standard InChI is InChI=1S/C7H13F3OSi/c1-12(2,3)5-4-6(11)7(8,9)10/h4-6,11H,1-3H3. The fourth-order valence-electron chi connectivity index (χ4n) is 0.489. The van der Waals surface area contributed by atoms with Crippen LogP contribution >= 0.6 is 0 Å². The van der Waals surface area contributed by atoms with Crippen molar-refractivity contribution in [1.82, 2.24) is 0 Å². The zero-order valence-corrected chi connectivity index (χ0v) is 8.31. The van der Waals surface area contributed by atoms with E-state index in [0.717, 1.165) is 6.08 Å². The summed E-state index contributed by atoms with van der Waals surface area (Å²) in [7, 11) is -1.64. The van der Waals surface area contributed by atoms with E-state index in [1.54, 1.807) is 0 Å². The molecule has 0 amide bonds. The van der Waals surface area contributed by atoms with Gasteiger partial charge in [0.05, 0.1) is 8.07 Å². The minimum absolute atomic E-state index is 0.826. The molecule has 0 heterocycles. The molecule has 12 heavy (non-hydrogen) atoms. The van der Waals surface area contributed by atoms with Crippen LogP contribution < -0.4 is 0 Å². The fraction of sp³-hybridized carbons (Fsp3) is 0.714. The Morgan fingerprint density at radius 1 is 1.25 bits per heavy atom. The SMILES string of the molecule is C[Si](C)(C)C=CC(O)C(F)(F)F. The van der Waals surface area contributed by atoms with E-state index in [0.29, 0.717) is 0 Å². The van der Waals surface area contributed by atoms with Crippen LogP contribution in [-0.2, 0) is 0 Å². The van der Waals surface area contributed by atoms with Crippen molar-refractivity contribution < 1.29 is 18.3 Å². The predicted molar refractivity (Wildman–Crippen MR) is 44.5 cm³/mol. The van der Waals surface area contributed by atoms with Crippen molar-refractivity contribution in [3.05, 3.63) is 11.8 Å². The van der Waals surface area contributed by atoms with Gasteiger partial charge in [0, 0.05) is 0 Å². The maximum Gasteiger partial charge on any atom is 0.417 e. The topological polar surface area (TPSA) is 20.2 Å². The average molecular weight is 198 g/mol. The van der Waals surface area contributed by atoms with Crippen LogP contribution in [0.15, 0.2) is 11.8 Å². The summed E-state index contributed by atoms with van der Waals surface area (Å²) in [5, 5.41) is 8.56. The van der Waals surface area contributed by atoms with Crippen molar-refractivity contribution in [2.45, 2.75) is 31.9 Å². The quantitative estimate of drug-likeness (QED) is 0.675. The number of rotatable bonds is 2. The summed E-state index contributed by atoms with van der Waals surface area (Å²) in [5.41, 5.74) is 1.48. The Balaban J connectivity index is 4.19. The molecule has 72 valence electrons. The normalized spacial score (nSPS) is 16.9. The molecule has 5 heteroatoms. The smallest absolute Gasteiger partial charge is 0.380 e. The number of aliphatic hydroxyl groups excluding tert-OH is 1. The Hall–Kier alpha value is -0.293. The first-order valence-corrected chi connectivity index (χ1v) is 7.15. The van der Waals surface area contributed by atoms with Gasteiger partial charge < -0.3 is 5.11 Å². The van der Waals surface area contributed by atoms with Crippen LogP contribution in [0.25, 0.3) is 0 Å². The lowest BCUT2D eigenvalue weighted by molar-refractivity contribution is -0.187. The molecule has 0 bridgehead atoms. The Morgan fingerprint density at radius 2 is 1.67 bits per heavy atom. The van der Waals surface area contributed by atoms with Gasteiger partial charge in [0.25, 0.3) is 0 Å². The van der Waals surface area contributed by atoms with Gasteiger partial charge in [-0.2, -0.15) is 13.2 Å². The van der Waals surface area contributed by atoms with E-state index in [2.05, 4.69) is 0 Å². The summed E-state index contributed by atoms with van der Waals surface area (Å²) in [6.45, 7) is 5.69. The van der Waals surface area contributed by atoms with Crippen molar-refractivity contribution in [2.24, 2.45) is 0 Å². The van der Waals surface area contributed by atoms with E-state index in [9.17, 15) is 13.2 Å². The maximum atomic E-state index is 11.7. The van der Waals surface area contributed by atoms with Crippen LogP contribution in [0, 0.1) is 0 Å². The molecule has 0 aromatic carbocycles. The molecular formula is C7H13F3OSi. The fourth-order valence-corrected chi connectivity index (χ4v) is 1.25. The first-order valence-electron chi connectivity index (χ1n) is 3.57. The van der Waals surface area contributed by atoms with Crippen LogP contribution in [0.1, 0.15) is 0 Å². The molecule has 0 aromatic rings. The molecule has 0 saturated heterocycles. The molecule has 1 unspecified atom stereocenters. The van der Waals surface area contributed by atoms with Crippen molar-refractivity contribution in [1.29, 1.82) is 0 Å². The van der Waals surface area contributed by atoms with Crippen LogP contribution in [-0.4, -0.2) is 25.5 Å². The number of hydrogen-bond donors (Lipinski definition) is 1. The summed E-state index contributed by atoms with van der Waals surface area (Å²) >= 11 is 0. The molecule has 0 fully saturated rings. The molecule has 0 saturated carbocycles. The highest BCUT2D eigenvalue weighted by Gasteiger charge is 2.36. The lowest BCUT2D eigenvalue weighted by atomic mass is 10.3. The molecule has 1 atom stereocenters. The molecular weight excluding hydrogens is 185 g/mol. The minimum atomic E-state index is -4.53. The predicted octanol–water partition coefficient (Wildman–Crippen LogP) is 2.34. The van der Waals surface area contributed by atoms with Gasteiger partial charge in [-0.15, -0.1) is 0 Å². The second-order valence-corrected chi connectivity index (χ2v) is 8.78. The molecule has 0 aliphatic carbocycles. The molecule has 1 nitrogen and oxygen atoms in total. The van der Waals surface area contributed by atoms with Gasteiger partial charge in [-0.3, -0.25) is 0 Å². The second kappa shape index (κ2) is 3.61. The van der Waals surface area contributed by atoms with Crippen LogP contribution in [0.2, 0.25) is 19.6 Å². The van der Waals surface area contributed by atoms with Gasteiger partial charge in [-0.05, 0) is 0 Å². The van der Waals surface area contributed by atoms with E-state index in [-0.39, 0.29) is 0 Å². The molecule has 0 aliphatic rings. The van der Waals surface area contributed by atoms with E-state index < -0.39 is 20.4 Å². The molecule has 0 radical (unpaired) electrons. The molecule has 0 aromatic heterocycles. The number of aliphatic hydroxyl groups is 1. The number of hydrogen-bond acceptors (Lipinski definition) is 1. The summed E-state index contributed by atoms with van der Waals surface area (Å²) in [4.78, 5) is 0. The van der Waals surface area contributed by atoms with Crippen molar-refractivity contribution in [3.8, 4) is 0 Å². The van der Waals surface area contributed by atoms with E-state index in [1.165, 1.54) is 5.70 Å². The Morgan fingerprint density at radius 3 is 1.92 bits per heavy atom. The van der Waals surface area contributed by atoms with Crippen LogP contribution in [0.4, 0.5) is 13.2 Å². The van der Waals surface area contributed by atoms with Gasteiger partial charge in [0.2, 0.25) is 0 Å². The van der Waals surface area contributed by atoms with Gasteiger partial charge in [-0.1, -0.05) is 31.4 Å². The average Bonchev–Trinajstić information content (AvgIpc) is 1.78. The van der Waals surface area contributed by atoms with E-state index in [4.69, 9.17) is 5.11 Å². The molecule has 0 aliphatic heterocycles. The molecule has 0 spiro atoms. The Kier molecular flexibility index (Phi) is 3.53. The van der Waals surface area contributed by atoms with Crippen LogP contribution in [0.5, 0.6) is 0 Å². The van der Waals surface area contributed by atoms with Gasteiger partial charge in [0.1, 0.15) is 0 Å². The summed E-state index contributed by atoms with van der Waals surface area (Å²) in [5.74, 6) is 0. The second-order valence-electron chi connectivity index (χ2n) is 3.71. The zero-order chi connectivity index (χ0) is 9.99. The van der Waals surface area contributed by atoms with E-state index in [1.807, 2.05) is 19.6 Å². The monoisotopic (exact) mass is 198 g/mol. The lowest BCUT2D eigenvalue weighted by Gasteiger charge is -2.13. The molecule has 1 N–H and O–H groups in total. The number of halogens is 3. The Bertz CT molecular complexity index is 168. The number of alkyl halides is 3.